The topological polar surface area (TPSA) is 37.3 Å². The standard InChI is InChI=1S/C13H14Br2O2/c1-7(2)9-4-10(8(3)6-14)12(16)13(17)11(15)5-9/h4-7H,1-3H3,(H,16,17)/b8-6+. The summed E-state index contributed by atoms with van der Waals surface area (Å²) >= 11 is 6.43. The van der Waals surface area contributed by atoms with Crippen LogP contribution in [-0.2, 0) is 0 Å². The first kappa shape index (κ1) is 14.5. The second-order valence-corrected chi connectivity index (χ2v) is 5.49. The molecule has 1 aromatic rings. The fraction of sp³-hybridized carbons (Fsp3) is 0.308. The molecule has 0 aliphatic rings. The third-order valence-corrected chi connectivity index (χ3v) is 3.84. The van der Waals surface area contributed by atoms with E-state index < -0.39 is 0 Å². The average Bonchev–Trinajstić information content (AvgIpc) is 2.40. The van der Waals surface area contributed by atoms with Gasteiger partial charge in [-0.15, -0.1) is 0 Å². The van der Waals surface area contributed by atoms with Crippen LogP contribution in [0.15, 0.2) is 26.4 Å². The molecular weight excluding hydrogens is 348 g/mol. The summed E-state index contributed by atoms with van der Waals surface area (Å²) in [6.07, 6.45) is 0. The van der Waals surface area contributed by atoms with Gasteiger partial charge >= 0.3 is 0 Å². The van der Waals surface area contributed by atoms with E-state index in [9.17, 15) is 9.90 Å². The fourth-order valence-corrected chi connectivity index (χ4v) is 2.10. The second kappa shape index (κ2) is 5.83. The Hall–Kier alpha value is -0.610. The van der Waals surface area contributed by atoms with Crippen LogP contribution in [0.5, 0.6) is 5.75 Å². The molecule has 4 heteroatoms. The van der Waals surface area contributed by atoms with Crippen molar-refractivity contribution < 1.29 is 5.11 Å². The van der Waals surface area contributed by atoms with Crippen molar-refractivity contribution in [1.29, 1.82) is 0 Å². The first-order valence-electron chi connectivity index (χ1n) is 5.22. The maximum Gasteiger partial charge on any atom is 0.228 e. The molecule has 1 aromatic carbocycles. The number of rotatable bonds is 2. The Morgan fingerprint density at radius 3 is 2.47 bits per heavy atom. The van der Waals surface area contributed by atoms with E-state index in [1.807, 2.05) is 26.8 Å². The lowest BCUT2D eigenvalue weighted by atomic mass is 10.0. The van der Waals surface area contributed by atoms with Gasteiger partial charge in [0, 0.05) is 5.56 Å². The molecule has 1 N–H and O–H groups in total. The van der Waals surface area contributed by atoms with Crippen molar-refractivity contribution >= 4 is 37.4 Å². The van der Waals surface area contributed by atoms with Crippen LogP contribution in [0.3, 0.4) is 0 Å². The van der Waals surface area contributed by atoms with Crippen molar-refractivity contribution in [2.45, 2.75) is 26.7 Å². The van der Waals surface area contributed by atoms with Gasteiger partial charge in [-0.3, -0.25) is 4.79 Å². The predicted molar refractivity (Wildman–Crippen MR) is 78.7 cm³/mol. The third-order valence-electron chi connectivity index (χ3n) is 2.55. The van der Waals surface area contributed by atoms with E-state index in [1.165, 1.54) is 0 Å². The molecule has 0 aliphatic carbocycles. The number of allylic oxidation sites excluding steroid dienone is 1. The van der Waals surface area contributed by atoms with Crippen molar-refractivity contribution in [1.82, 2.24) is 0 Å². The summed E-state index contributed by atoms with van der Waals surface area (Å²) < 4.78 is 0.430. The van der Waals surface area contributed by atoms with Crippen LogP contribution in [-0.4, -0.2) is 5.11 Å². The van der Waals surface area contributed by atoms with Gasteiger partial charge < -0.3 is 5.11 Å². The highest BCUT2D eigenvalue weighted by Gasteiger charge is 2.11. The molecular formula is C13H14Br2O2. The summed E-state index contributed by atoms with van der Waals surface area (Å²) in [6.45, 7) is 5.91. The molecule has 0 spiro atoms. The summed E-state index contributed by atoms with van der Waals surface area (Å²) in [6, 6.07) is 3.61. The van der Waals surface area contributed by atoms with E-state index in [1.54, 1.807) is 11.1 Å². The SMILES string of the molecule is C/C(=C\Br)c1cc(C(C)C)cc(Br)c(O)c1=O. The molecule has 0 saturated heterocycles. The van der Waals surface area contributed by atoms with E-state index in [0.29, 0.717) is 10.0 Å². The van der Waals surface area contributed by atoms with E-state index in [2.05, 4.69) is 31.9 Å². The van der Waals surface area contributed by atoms with Crippen LogP contribution < -0.4 is 5.43 Å². The van der Waals surface area contributed by atoms with Crippen LogP contribution in [0.4, 0.5) is 0 Å². The number of hydrogen-bond acceptors (Lipinski definition) is 2. The first-order chi connectivity index (χ1) is 7.88. The molecule has 0 unspecified atom stereocenters. The minimum Gasteiger partial charge on any atom is -0.503 e. The van der Waals surface area contributed by atoms with E-state index >= 15 is 0 Å². The fourth-order valence-electron chi connectivity index (χ4n) is 1.41. The summed E-state index contributed by atoms with van der Waals surface area (Å²) in [5, 5.41) is 9.80. The normalized spacial score (nSPS) is 12.0. The minimum absolute atomic E-state index is 0.249. The molecule has 0 fully saturated rings. The average molecular weight is 362 g/mol. The second-order valence-electron chi connectivity index (χ2n) is 4.17. The molecule has 0 saturated carbocycles. The number of aromatic hydroxyl groups is 1. The molecule has 0 atom stereocenters. The smallest absolute Gasteiger partial charge is 0.228 e. The highest BCUT2D eigenvalue weighted by molar-refractivity contribution is 9.11. The van der Waals surface area contributed by atoms with Crippen LogP contribution in [0.2, 0.25) is 0 Å². The van der Waals surface area contributed by atoms with Crippen LogP contribution >= 0.6 is 31.9 Å². The zero-order valence-electron chi connectivity index (χ0n) is 9.92. The molecule has 1 rings (SSSR count). The molecule has 0 aromatic heterocycles. The molecule has 0 aliphatic heterocycles. The highest BCUT2D eigenvalue weighted by Crippen LogP contribution is 2.26. The molecule has 0 bridgehead atoms. The quantitative estimate of drug-likeness (QED) is 0.847. The lowest BCUT2D eigenvalue weighted by Crippen LogP contribution is -2.03. The van der Waals surface area contributed by atoms with Gasteiger partial charge in [-0.1, -0.05) is 29.8 Å². The summed E-state index contributed by atoms with van der Waals surface area (Å²) in [5.41, 5.74) is 1.93. The molecule has 17 heavy (non-hydrogen) atoms. The van der Waals surface area contributed by atoms with Gasteiger partial charge in [-0.2, -0.15) is 0 Å². The van der Waals surface area contributed by atoms with Crippen LogP contribution in [0.1, 0.15) is 37.8 Å². The molecule has 0 heterocycles. The summed E-state index contributed by atoms with van der Waals surface area (Å²) in [5.74, 6) is 0.0278. The Kier molecular flexibility index (Phi) is 4.95. The Morgan fingerprint density at radius 1 is 1.41 bits per heavy atom. The lowest BCUT2D eigenvalue weighted by Gasteiger charge is -2.03. The van der Waals surface area contributed by atoms with Crippen molar-refractivity contribution in [2.75, 3.05) is 0 Å². The molecule has 2 nitrogen and oxygen atoms in total. The van der Waals surface area contributed by atoms with E-state index in [-0.39, 0.29) is 17.1 Å². The van der Waals surface area contributed by atoms with Gasteiger partial charge in [0.25, 0.3) is 0 Å². The monoisotopic (exact) mass is 360 g/mol. The number of hydrogen-bond donors (Lipinski definition) is 1. The van der Waals surface area contributed by atoms with E-state index in [0.717, 1.165) is 11.1 Å². The third kappa shape index (κ3) is 3.19. The van der Waals surface area contributed by atoms with Crippen molar-refractivity contribution in [2.24, 2.45) is 0 Å². The molecule has 0 amide bonds. The Morgan fingerprint density at radius 2 is 2.00 bits per heavy atom. The van der Waals surface area contributed by atoms with Gasteiger partial charge in [-0.05, 0) is 57.0 Å². The summed E-state index contributed by atoms with van der Waals surface area (Å²) in [7, 11) is 0. The van der Waals surface area contributed by atoms with Gasteiger partial charge in [0.2, 0.25) is 5.43 Å². The van der Waals surface area contributed by atoms with Gasteiger partial charge in [0.15, 0.2) is 5.75 Å². The summed E-state index contributed by atoms with van der Waals surface area (Å²) in [4.78, 5) is 13.7. The highest BCUT2D eigenvalue weighted by atomic mass is 79.9. The predicted octanol–water partition coefficient (Wildman–Crippen LogP) is 4.39. The Bertz CT molecular complexity index is 520. The largest absolute Gasteiger partial charge is 0.503 e. The Balaban J connectivity index is 3.73. The zero-order valence-corrected chi connectivity index (χ0v) is 13.1. The zero-order chi connectivity index (χ0) is 13.2. The van der Waals surface area contributed by atoms with Crippen LogP contribution in [0, 0.1) is 0 Å². The van der Waals surface area contributed by atoms with Gasteiger partial charge in [0.1, 0.15) is 0 Å². The van der Waals surface area contributed by atoms with Crippen LogP contribution in [0.25, 0.3) is 5.57 Å². The molecule has 92 valence electrons. The van der Waals surface area contributed by atoms with Gasteiger partial charge in [-0.25, -0.2) is 0 Å². The van der Waals surface area contributed by atoms with Crippen molar-refractivity contribution in [3.05, 3.63) is 42.9 Å². The maximum absolute atomic E-state index is 12.0. The lowest BCUT2D eigenvalue weighted by molar-refractivity contribution is 0.467. The Labute approximate surface area is 118 Å². The van der Waals surface area contributed by atoms with Crippen molar-refractivity contribution in [3.63, 3.8) is 0 Å². The maximum atomic E-state index is 12.0. The molecule has 0 radical (unpaired) electrons. The van der Waals surface area contributed by atoms with E-state index in [4.69, 9.17) is 0 Å². The minimum atomic E-state index is -0.364. The first-order valence-corrected chi connectivity index (χ1v) is 6.93. The van der Waals surface area contributed by atoms with Crippen molar-refractivity contribution in [3.8, 4) is 5.75 Å². The number of halogens is 2. The van der Waals surface area contributed by atoms with Gasteiger partial charge in [0.05, 0.1) is 4.47 Å².